The number of amides is 1. The lowest BCUT2D eigenvalue weighted by atomic mass is 10.1. The molecule has 0 fully saturated rings. The number of rotatable bonds is 8. The standard InChI is InChI=1S/C28H22N4O3S2/c33-26(29-28-31-30-27(36-28)22-14-6-2-7-15-22)24-18-10-11-19-25(24)32(20-21-12-4-1-5-13-21)37(34,35)23-16-8-3-9-17-23/h1-19H,20H2,(H,29,31,33). The zero-order chi connectivity index (χ0) is 25.7. The van der Waals surface area contributed by atoms with Crippen molar-refractivity contribution in [3.8, 4) is 10.6 Å². The molecule has 5 aromatic rings. The first-order chi connectivity index (χ1) is 18.0. The summed E-state index contributed by atoms with van der Waals surface area (Å²) in [5.74, 6) is -0.479. The molecular weight excluding hydrogens is 504 g/mol. The predicted octanol–water partition coefficient (Wildman–Crippen LogP) is 5.85. The molecule has 1 amide bonds. The molecule has 184 valence electrons. The van der Waals surface area contributed by atoms with Gasteiger partial charge < -0.3 is 0 Å². The van der Waals surface area contributed by atoms with Crippen LogP contribution in [0.15, 0.2) is 120 Å². The minimum absolute atomic E-state index is 0.0549. The number of hydrogen-bond donors (Lipinski definition) is 1. The number of anilines is 2. The van der Waals surface area contributed by atoms with Crippen LogP contribution in [-0.4, -0.2) is 24.5 Å². The Morgan fingerprint density at radius 1 is 0.757 bits per heavy atom. The minimum atomic E-state index is -3.99. The van der Waals surface area contributed by atoms with Crippen LogP contribution in [-0.2, 0) is 16.6 Å². The monoisotopic (exact) mass is 526 g/mol. The van der Waals surface area contributed by atoms with Crippen molar-refractivity contribution in [2.75, 3.05) is 9.62 Å². The van der Waals surface area contributed by atoms with Gasteiger partial charge in [-0.25, -0.2) is 8.42 Å². The van der Waals surface area contributed by atoms with Gasteiger partial charge in [0.1, 0.15) is 5.01 Å². The summed E-state index contributed by atoms with van der Waals surface area (Å²) in [6.07, 6.45) is 0. The van der Waals surface area contributed by atoms with Gasteiger partial charge in [0.05, 0.1) is 22.7 Å². The summed E-state index contributed by atoms with van der Waals surface area (Å²) in [4.78, 5) is 13.5. The number of nitrogens with zero attached hydrogens (tertiary/aromatic N) is 3. The molecule has 1 aromatic heterocycles. The Kier molecular flexibility index (Phi) is 7.07. The molecule has 0 bridgehead atoms. The summed E-state index contributed by atoms with van der Waals surface area (Å²) in [6.45, 7) is 0.0549. The van der Waals surface area contributed by atoms with Crippen molar-refractivity contribution >= 4 is 38.1 Å². The van der Waals surface area contributed by atoms with Crippen LogP contribution < -0.4 is 9.62 Å². The summed E-state index contributed by atoms with van der Waals surface area (Å²) >= 11 is 1.24. The number of carbonyl (C=O) groups is 1. The Morgan fingerprint density at radius 2 is 1.35 bits per heavy atom. The molecule has 5 rings (SSSR count). The van der Waals surface area contributed by atoms with Crippen molar-refractivity contribution in [2.24, 2.45) is 0 Å². The summed E-state index contributed by atoms with van der Waals surface area (Å²) in [5, 5.41) is 12.0. The van der Waals surface area contributed by atoms with E-state index >= 15 is 0 Å². The third kappa shape index (κ3) is 5.42. The Balaban J connectivity index is 1.50. The number of aromatic nitrogens is 2. The van der Waals surface area contributed by atoms with E-state index in [0.29, 0.717) is 10.1 Å². The SMILES string of the molecule is O=C(Nc1nnc(-c2ccccc2)s1)c1ccccc1N(Cc1ccccc1)S(=O)(=O)c1ccccc1. The highest BCUT2D eigenvalue weighted by molar-refractivity contribution is 7.92. The molecule has 0 radical (unpaired) electrons. The first-order valence-electron chi connectivity index (χ1n) is 11.4. The lowest BCUT2D eigenvalue weighted by Gasteiger charge is -2.26. The molecule has 0 aliphatic rings. The van der Waals surface area contributed by atoms with Gasteiger partial charge in [-0.3, -0.25) is 14.4 Å². The fourth-order valence-electron chi connectivity index (χ4n) is 3.79. The minimum Gasteiger partial charge on any atom is -0.296 e. The normalized spacial score (nSPS) is 11.1. The van der Waals surface area contributed by atoms with Crippen LogP contribution in [0.2, 0.25) is 0 Å². The van der Waals surface area contributed by atoms with Crippen LogP contribution in [0.5, 0.6) is 0 Å². The Morgan fingerprint density at radius 3 is 2.05 bits per heavy atom. The first kappa shape index (κ1) is 24.4. The Hall–Kier alpha value is -4.34. The highest BCUT2D eigenvalue weighted by Gasteiger charge is 2.28. The molecule has 9 heteroatoms. The largest absolute Gasteiger partial charge is 0.296 e. The van der Waals surface area contributed by atoms with Crippen molar-refractivity contribution in [3.63, 3.8) is 0 Å². The average Bonchev–Trinajstić information content (AvgIpc) is 3.41. The summed E-state index contributed by atoms with van der Waals surface area (Å²) in [7, 11) is -3.99. The zero-order valence-corrected chi connectivity index (χ0v) is 21.2. The van der Waals surface area contributed by atoms with E-state index in [1.54, 1.807) is 54.6 Å². The van der Waals surface area contributed by atoms with Gasteiger partial charge in [-0.15, -0.1) is 10.2 Å². The van der Waals surface area contributed by atoms with E-state index in [2.05, 4.69) is 15.5 Å². The molecule has 1 N–H and O–H groups in total. The molecule has 7 nitrogen and oxygen atoms in total. The van der Waals surface area contributed by atoms with E-state index in [9.17, 15) is 13.2 Å². The van der Waals surface area contributed by atoms with Crippen LogP contribution in [0.4, 0.5) is 10.8 Å². The van der Waals surface area contributed by atoms with Gasteiger partial charge in [0.2, 0.25) is 5.13 Å². The molecule has 4 aromatic carbocycles. The number of sulfonamides is 1. The van der Waals surface area contributed by atoms with Gasteiger partial charge in [0, 0.05) is 5.56 Å². The highest BCUT2D eigenvalue weighted by atomic mass is 32.2. The molecule has 0 atom stereocenters. The summed E-state index contributed by atoms with van der Waals surface area (Å²) < 4.78 is 28.9. The maximum Gasteiger partial charge on any atom is 0.264 e. The third-order valence-corrected chi connectivity index (χ3v) is 8.25. The third-order valence-electron chi connectivity index (χ3n) is 5.58. The molecule has 0 unspecified atom stereocenters. The van der Waals surface area contributed by atoms with Gasteiger partial charge in [-0.2, -0.15) is 0 Å². The average molecular weight is 527 g/mol. The predicted molar refractivity (Wildman–Crippen MR) is 146 cm³/mol. The number of hydrogen-bond acceptors (Lipinski definition) is 6. The van der Waals surface area contributed by atoms with Gasteiger partial charge in [-0.1, -0.05) is 102 Å². The molecule has 0 saturated heterocycles. The number of nitrogens with one attached hydrogen (secondary N) is 1. The smallest absolute Gasteiger partial charge is 0.264 e. The first-order valence-corrected chi connectivity index (χ1v) is 13.7. The van der Waals surface area contributed by atoms with E-state index in [-0.39, 0.29) is 22.7 Å². The van der Waals surface area contributed by atoms with Crippen LogP contribution in [0.3, 0.4) is 0 Å². The molecule has 0 aliphatic carbocycles. The van der Waals surface area contributed by atoms with E-state index in [0.717, 1.165) is 11.1 Å². The van der Waals surface area contributed by atoms with Gasteiger partial charge in [-0.05, 0) is 29.8 Å². The van der Waals surface area contributed by atoms with Crippen molar-refractivity contribution < 1.29 is 13.2 Å². The van der Waals surface area contributed by atoms with Crippen molar-refractivity contribution in [2.45, 2.75) is 11.4 Å². The van der Waals surface area contributed by atoms with Gasteiger partial charge in [0.25, 0.3) is 15.9 Å². The number of benzene rings is 4. The van der Waals surface area contributed by atoms with Gasteiger partial charge >= 0.3 is 0 Å². The second-order valence-electron chi connectivity index (χ2n) is 8.06. The zero-order valence-electron chi connectivity index (χ0n) is 19.6. The van der Waals surface area contributed by atoms with Crippen molar-refractivity contribution in [1.29, 1.82) is 0 Å². The quantitative estimate of drug-likeness (QED) is 0.274. The van der Waals surface area contributed by atoms with Gasteiger partial charge in [0.15, 0.2) is 0 Å². The number of carbonyl (C=O) groups excluding carboxylic acids is 1. The molecule has 0 saturated carbocycles. The molecule has 1 heterocycles. The molecule has 0 spiro atoms. The topological polar surface area (TPSA) is 92.3 Å². The Bertz CT molecular complexity index is 1610. The lowest BCUT2D eigenvalue weighted by molar-refractivity contribution is 0.102. The van der Waals surface area contributed by atoms with E-state index in [1.807, 2.05) is 60.7 Å². The number of para-hydroxylation sites is 1. The highest BCUT2D eigenvalue weighted by Crippen LogP contribution is 2.31. The molecule has 0 aliphatic heterocycles. The van der Waals surface area contributed by atoms with Crippen LogP contribution in [0.1, 0.15) is 15.9 Å². The van der Waals surface area contributed by atoms with E-state index < -0.39 is 15.9 Å². The Labute approximate surface area is 219 Å². The molecule has 37 heavy (non-hydrogen) atoms. The summed E-state index contributed by atoms with van der Waals surface area (Å²) in [6, 6.07) is 33.6. The maximum absolute atomic E-state index is 13.8. The van der Waals surface area contributed by atoms with Crippen LogP contribution in [0, 0.1) is 0 Å². The lowest BCUT2D eigenvalue weighted by Crippen LogP contribution is -2.32. The second-order valence-corrected chi connectivity index (χ2v) is 10.9. The molecular formula is C28H22N4O3S2. The maximum atomic E-state index is 13.8. The van der Waals surface area contributed by atoms with E-state index in [4.69, 9.17) is 0 Å². The van der Waals surface area contributed by atoms with Crippen LogP contribution in [0.25, 0.3) is 10.6 Å². The van der Waals surface area contributed by atoms with E-state index in [1.165, 1.54) is 15.6 Å². The summed E-state index contributed by atoms with van der Waals surface area (Å²) in [5.41, 5.74) is 2.15. The van der Waals surface area contributed by atoms with Crippen molar-refractivity contribution in [3.05, 3.63) is 126 Å². The second kappa shape index (κ2) is 10.7. The van der Waals surface area contributed by atoms with Crippen molar-refractivity contribution in [1.82, 2.24) is 10.2 Å². The fraction of sp³-hybridized carbons (Fsp3) is 0.0357. The fourth-order valence-corrected chi connectivity index (χ4v) is 6.02. The van der Waals surface area contributed by atoms with Crippen LogP contribution >= 0.6 is 11.3 Å².